The number of rotatable bonds is 7. The molecule has 0 fully saturated rings. The number of ether oxygens (including phenoxy) is 2. The minimum Gasteiger partial charge on any atom is -0.477 e. The van der Waals surface area contributed by atoms with Crippen LogP contribution in [0.15, 0.2) is 30.5 Å². The van der Waals surface area contributed by atoms with E-state index in [0.29, 0.717) is 29.7 Å². The molecule has 0 aliphatic carbocycles. The molecule has 0 aliphatic heterocycles. The highest BCUT2D eigenvalue weighted by Gasteiger charge is 2.14. The van der Waals surface area contributed by atoms with E-state index >= 15 is 0 Å². The highest BCUT2D eigenvalue weighted by molar-refractivity contribution is 6.76. The Labute approximate surface area is 149 Å². The molecule has 0 radical (unpaired) electrons. The summed E-state index contributed by atoms with van der Waals surface area (Å²) in [5.41, 5.74) is 1.51. The van der Waals surface area contributed by atoms with Crippen molar-refractivity contribution in [2.45, 2.75) is 32.3 Å². The van der Waals surface area contributed by atoms with E-state index in [4.69, 9.17) is 27.5 Å². The van der Waals surface area contributed by atoms with Gasteiger partial charge in [-0.05, 0) is 23.7 Å². The molecule has 0 saturated carbocycles. The SMILES string of the molecule is C#Cc1cnc(OCc2ccc(Cl)cc2)nc1OCC[Si](C)(C)C. The number of aromatic nitrogens is 2. The van der Waals surface area contributed by atoms with Gasteiger partial charge in [0.1, 0.15) is 12.2 Å². The van der Waals surface area contributed by atoms with Gasteiger partial charge in [0.25, 0.3) is 0 Å². The summed E-state index contributed by atoms with van der Waals surface area (Å²) in [4.78, 5) is 8.41. The third-order valence-corrected chi connectivity index (χ3v) is 5.22. The van der Waals surface area contributed by atoms with Crippen LogP contribution in [0.25, 0.3) is 0 Å². The Hall–Kier alpha value is -2.03. The van der Waals surface area contributed by atoms with E-state index in [1.807, 2.05) is 24.3 Å². The molecular weight excluding hydrogens is 340 g/mol. The van der Waals surface area contributed by atoms with Crippen molar-refractivity contribution in [2.75, 3.05) is 6.61 Å². The molecular formula is C18H21ClN2O2Si. The number of hydrogen-bond acceptors (Lipinski definition) is 4. The van der Waals surface area contributed by atoms with Gasteiger partial charge < -0.3 is 9.47 Å². The predicted octanol–water partition coefficient (Wildman–Crippen LogP) is 4.41. The first-order chi connectivity index (χ1) is 11.4. The Kier molecular flexibility index (Phi) is 6.24. The zero-order chi connectivity index (χ0) is 17.6. The highest BCUT2D eigenvalue weighted by Crippen LogP contribution is 2.19. The average molecular weight is 361 g/mol. The van der Waals surface area contributed by atoms with Crippen LogP contribution >= 0.6 is 11.6 Å². The largest absolute Gasteiger partial charge is 0.477 e. The fraction of sp³-hybridized carbons (Fsp3) is 0.333. The molecule has 4 nitrogen and oxygen atoms in total. The molecule has 0 atom stereocenters. The lowest BCUT2D eigenvalue weighted by Gasteiger charge is -2.16. The van der Waals surface area contributed by atoms with Crippen molar-refractivity contribution in [3.8, 4) is 24.2 Å². The summed E-state index contributed by atoms with van der Waals surface area (Å²) in [6.07, 6.45) is 7.03. The number of terminal acetylenes is 1. The molecule has 0 bridgehead atoms. The molecule has 0 unspecified atom stereocenters. The van der Waals surface area contributed by atoms with Crippen LogP contribution in [-0.2, 0) is 6.61 Å². The second-order valence-electron chi connectivity index (χ2n) is 6.59. The second kappa shape index (κ2) is 8.18. The summed E-state index contributed by atoms with van der Waals surface area (Å²) >= 11 is 5.87. The molecule has 0 amide bonds. The first-order valence-corrected chi connectivity index (χ1v) is 11.8. The van der Waals surface area contributed by atoms with Gasteiger partial charge in [-0.15, -0.1) is 6.42 Å². The zero-order valence-corrected chi connectivity index (χ0v) is 15.9. The van der Waals surface area contributed by atoms with E-state index in [-0.39, 0.29) is 6.01 Å². The lowest BCUT2D eigenvalue weighted by atomic mass is 10.2. The highest BCUT2D eigenvalue weighted by atomic mass is 35.5. The van der Waals surface area contributed by atoms with Crippen molar-refractivity contribution in [3.05, 3.63) is 46.6 Å². The Balaban J connectivity index is 2.01. The van der Waals surface area contributed by atoms with Crippen LogP contribution in [0.2, 0.25) is 30.7 Å². The standard InChI is InChI=1S/C18H21ClN2O2Si/c1-5-15-12-20-18(21-17(15)22-10-11-24(2,3)4)23-13-14-6-8-16(19)9-7-14/h1,6-9,12H,10-11,13H2,2-4H3. The summed E-state index contributed by atoms with van der Waals surface area (Å²) < 4.78 is 11.4. The lowest BCUT2D eigenvalue weighted by molar-refractivity contribution is 0.266. The van der Waals surface area contributed by atoms with E-state index in [2.05, 4.69) is 35.5 Å². The number of halogens is 1. The molecule has 0 N–H and O–H groups in total. The second-order valence-corrected chi connectivity index (χ2v) is 12.6. The maximum Gasteiger partial charge on any atom is 0.320 e. The fourth-order valence-corrected chi connectivity index (χ4v) is 2.65. The fourth-order valence-electron chi connectivity index (χ4n) is 1.81. The monoisotopic (exact) mass is 360 g/mol. The topological polar surface area (TPSA) is 44.2 Å². The van der Waals surface area contributed by atoms with Crippen LogP contribution < -0.4 is 9.47 Å². The molecule has 0 aliphatic rings. The normalized spacial score (nSPS) is 11.0. The Morgan fingerprint density at radius 1 is 1.17 bits per heavy atom. The molecule has 0 spiro atoms. The van der Waals surface area contributed by atoms with E-state index in [1.165, 1.54) is 0 Å². The molecule has 2 aromatic rings. The van der Waals surface area contributed by atoms with E-state index in [1.54, 1.807) is 6.20 Å². The van der Waals surface area contributed by atoms with Crippen LogP contribution in [0, 0.1) is 12.3 Å². The first-order valence-electron chi connectivity index (χ1n) is 7.71. The molecule has 126 valence electrons. The maximum atomic E-state index is 5.87. The van der Waals surface area contributed by atoms with Crippen LogP contribution in [0.1, 0.15) is 11.1 Å². The van der Waals surface area contributed by atoms with E-state index in [0.717, 1.165) is 11.6 Å². The van der Waals surface area contributed by atoms with Crippen molar-refractivity contribution < 1.29 is 9.47 Å². The third kappa shape index (κ3) is 5.87. The molecule has 1 aromatic carbocycles. The summed E-state index contributed by atoms with van der Waals surface area (Å²) in [6, 6.07) is 8.68. The van der Waals surface area contributed by atoms with Crippen LogP contribution in [0.3, 0.4) is 0 Å². The predicted molar refractivity (Wildman–Crippen MR) is 99.4 cm³/mol. The van der Waals surface area contributed by atoms with Gasteiger partial charge in [0.2, 0.25) is 5.88 Å². The quantitative estimate of drug-likeness (QED) is 0.542. The van der Waals surface area contributed by atoms with Crippen LogP contribution in [0.5, 0.6) is 11.9 Å². The van der Waals surface area contributed by atoms with Gasteiger partial charge in [-0.2, -0.15) is 4.98 Å². The van der Waals surface area contributed by atoms with Crippen molar-refractivity contribution in [1.29, 1.82) is 0 Å². The molecule has 0 saturated heterocycles. The van der Waals surface area contributed by atoms with Crippen molar-refractivity contribution in [1.82, 2.24) is 9.97 Å². The van der Waals surface area contributed by atoms with Gasteiger partial charge in [0, 0.05) is 13.1 Å². The van der Waals surface area contributed by atoms with Gasteiger partial charge in [-0.3, -0.25) is 0 Å². The van der Waals surface area contributed by atoms with Crippen LogP contribution in [0.4, 0.5) is 0 Å². The minimum atomic E-state index is -1.18. The Morgan fingerprint density at radius 2 is 1.88 bits per heavy atom. The van der Waals surface area contributed by atoms with Crippen molar-refractivity contribution >= 4 is 19.7 Å². The van der Waals surface area contributed by atoms with Crippen molar-refractivity contribution in [2.24, 2.45) is 0 Å². The molecule has 2 rings (SSSR count). The molecule has 24 heavy (non-hydrogen) atoms. The van der Waals surface area contributed by atoms with Crippen molar-refractivity contribution in [3.63, 3.8) is 0 Å². The van der Waals surface area contributed by atoms with Gasteiger partial charge >= 0.3 is 6.01 Å². The van der Waals surface area contributed by atoms with Gasteiger partial charge in [-0.1, -0.05) is 49.3 Å². The number of hydrogen-bond donors (Lipinski definition) is 0. The summed E-state index contributed by atoms with van der Waals surface area (Å²) in [5.74, 6) is 2.94. The molecule has 6 heteroatoms. The maximum absolute atomic E-state index is 5.87. The van der Waals surface area contributed by atoms with Gasteiger partial charge in [0.05, 0.1) is 12.8 Å². The minimum absolute atomic E-state index is 0.243. The van der Waals surface area contributed by atoms with E-state index < -0.39 is 8.07 Å². The smallest absolute Gasteiger partial charge is 0.320 e. The molecule has 1 heterocycles. The summed E-state index contributed by atoms with van der Waals surface area (Å²) in [7, 11) is -1.18. The Bertz CT molecular complexity index is 721. The van der Waals surface area contributed by atoms with E-state index in [9.17, 15) is 0 Å². The lowest BCUT2D eigenvalue weighted by Crippen LogP contribution is -2.22. The Morgan fingerprint density at radius 3 is 2.50 bits per heavy atom. The average Bonchev–Trinajstić information content (AvgIpc) is 2.53. The number of nitrogens with zero attached hydrogens (tertiary/aromatic N) is 2. The first kappa shape index (κ1) is 18.3. The van der Waals surface area contributed by atoms with Crippen LogP contribution in [-0.4, -0.2) is 24.6 Å². The van der Waals surface area contributed by atoms with Gasteiger partial charge in [-0.25, -0.2) is 4.98 Å². The summed E-state index contributed by atoms with van der Waals surface area (Å²) in [6.45, 7) is 7.82. The molecule has 1 aromatic heterocycles. The zero-order valence-electron chi connectivity index (χ0n) is 14.2. The summed E-state index contributed by atoms with van der Waals surface area (Å²) in [5, 5.41) is 0.687. The number of benzene rings is 1. The van der Waals surface area contributed by atoms with Gasteiger partial charge in [0.15, 0.2) is 0 Å². The third-order valence-electron chi connectivity index (χ3n) is 3.26.